The number of sulfonamides is 1. The van der Waals surface area contributed by atoms with Crippen LogP contribution in [0.15, 0.2) is 30.3 Å². The molecule has 9 heteroatoms. The predicted octanol–water partition coefficient (Wildman–Crippen LogP) is 1.33. The molecule has 0 aliphatic carbocycles. The van der Waals surface area contributed by atoms with Crippen LogP contribution in [0.1, 0.15) is 5.56 Å². The number of rotatable bonds is 4. The van der Waals surface area contributed by atoms with E-state index in [9.17, 15) is 21.6 Å². The van der Waals surface area contributed by atoms with Gasteiger partial charge in [-0.25, -0.2) is 13.1 Å². The molecule has 1 aliphatic rings. The summed E-state index contributed by atoms with van der Waals surface area (Å²) >= 11 is 0. The van der Waals surface area contributed by atoms with Crippen LogP contribution in [0.4, 0.5) is 13.2 Å². The van der Waals surface area contributed by atoms with Crippen LogP contribution < -0.4 is 4.72 Å². The van der Waals surface area contributed by atoms with Gasteiger partial charge < -0.3 is 9.47 Å². The van der Waals surface area contributed by atoms with Gasteiger partial charge >= 0.3 is 15.5 Å². The molecule has 0 unspecified atom stereocenters. The number of hydrogen-bond acceptors (Lipinski definition) is 4. The van der Waals surface area contributed by atoms with Crippen molar-refractivity contribution in [1.82, 2.24) is 4.72 Å². The second kappa shape index (κ2) is 5.32. The SMILES string of the molecule is O=S(=O)(NCC1(c2ccccc2)OCCO1)C(F)(F)F. The minimum absolute atomic E-state index is 0.169. The topological polar surface area (TPSA) is 64.6 Å². The fourth-order valence-electron chi connectivity index (χ4n) is 1.79. The lowest BCUT2D eigenvalue weighted by Gasteiger charge is -2.28. The molecule has 112 valence electrons. The molecule has 0 aromatic heterocycles. The number of nitrogens with one attached hydrogen (secondary N) is 1. The van der Waals surface area contributed by atoms with Gasteiger partial charge in [0.15, 0.2) is 0 Å². The van der Waals surface area contributed by atoms with Gasteiger partial charge in [0.2, 0.25) is 5.79 Å². The summed E-state index contributed by atoms with van der Waals surface area (Å²) in [6, 6.07) is 8.20. The van der Waals surface area contributed by atoms with Crippen molar-refractivity contribution in [1.29, 1.82) is 0 Å². The van der Waals surface area contributed by atoms with Gasteiger partial charge in [-0.1, -0.05) is 30.3 Å². The van der Waals surface area contributed by atoms with E-state index in [1.54, 1.807) is 30.3 Å². The summed E-state index contributed by atoms with van der Waals surface area (Å²) in [6.07, 6.45) is 0. The average Bonchev–Trinajstić information content (AvgIpc) is 2.86. The third-order valence-electron chi connectivity index (χ3n) is 2.77. The van der Waals surface area contributed by atoms with Crippen molar-refractivity contribution in [3.63, 3.8) is 0 Å². The van der Waals surface area contributed by atoms with E-state index in [-0.39, 0.29) is 13.2 Å². The third-order valence-corrected chi connectivity index (χ3v) is 3.90. The fraction of sp³-hybridized carbons (Fsp3) is 0.455. The summed E-state index contributed by atoms with van der Waals surface area (Å²) in [5.74, 6) is -1.53. The Kier molecular flexibility index (Phi) is 4.05. The smallest absolute Gasteiger partial charge is 0.342 e. The maximum atomic E-state index is 12.3. The van der Waals surface area contributed by atoms with Crippen LogP contribution in [0.25, 0.3) is 0 Å². The van der Waals surface area contributed by atoms with Gasteiger partial charge in [0.25, 0.3) is 0 Å². The molecule has 20 heavy (non-hydrogen) atoms. The Hall–Kier alpha value is -1.16. The second-order valence-corrected chi connectivity index (χ2v) is 5.84. The van der Waals surface area contributed by atoms with Crippen LogP contribution >= 0.6 is 0 Å². The first-order valence-electron chi connectivity index (χ1n) is 5.66. The molecule has 1 aliphatic heterocycles. The molecule has 5 nitrogen and oxygen atoms in total. The van der Waals surface area contributed by atoms with Crippen LogP contribution in [-0.2, 0) is 25.3 Å². The summed E-state index contributed by atoms with van der Waals surface area (Å²) in [5.41, 5.74) is -4.92. The van der Waals surface area contributed by atoms with Crippen LogP contribution in [0.2, 0.25) is 0 Å². The van der Waals surface area contributed by atoms with Crippen LogP contribution in [0.3, 0.4) is 0 Å². The Morgan fingerprint density at radius 2 is 1.70 bits per heavy atom. The van der Waals surface area contributed by atoms with Gasteiger partial charge in [-0.2, -0.15) is 13.2 Å². The molecule has 0 radical (unpaired) electrons. The maximum Gasteiger partial charge on any atom is 0.511 e. The minimum atomic E-state index is -5.44. The number of halogens is 3. The maximum absolute atomic E-state index is 12.3. The molecule has 1 saturated heterocycles. The molecule has 1 fully saturated rings. The monoisotopic (exact) mass is 311 g/mol. The van der Waals surface area contributed by atoms with Crippen molar-refractivity contribution >= 4 is 10.0 Å². The highest BCUT2D eigenvalue weighted by atomic mass is 32.2. The zero-order valence-corrected chi connectivity index (χ0v) is 11.0. The van der Waals surface area contributed by atoms with E-state index < -0.39 is 27.9 Å². The average molecular weight is 311 g/mol. The van der Waals surface area contributed by atoms with E-state index in [1.165, 1.54) is 4.72 Å². The molecule has 0 atom stereocenters. The summed E-state index contributed by atoms with van der Waals surface area (Å²) in [4.78, 5) is 0. The quantitative estimate of drug-likeness (QED) is 0.911. The molecule has 1 aromatic carbocycles. The Morgan fingerprint density at radius 3 is 2.20 bits per heavy atom. The summed E-state index contributed by atoms with van der Waals surface area (Å²) in [5, 5.41) is 0. The standard InChI is InChI=1S/C11H12F3NO4S/c12-11(13,14)20(16,17)15-8-10(18-6-7-19-10)9-4-2-1-3-5-9/h1-5,15H,6-8H2. The van der Waals surface area contributed by atoms with Gasteiger partial charge in [0, 0.05) is 5.56 Å². The molecular weight excluding hydrogens is 299 g/mol. The first-order valence-corrected chi connectivity index (χ1v) is 7.15. The van der Waals surface area contributed by atoms with Gasteiger partial charge in [0.05, 0.1) is 19.8 Å². The minimum Gasteiger partial charge on any atom is -0.342 e. The lowest BCUT2D eigenvalue weighted by Crippen LogP contribution is -2.45. The molecule has 0 bridgehead atoms. The van der Waals surface area contributed by atoms with Crippen molar-refractivity contribution in [2.24, 2.45) is 0 Å². The molecular formula is C11H12F3NO4S. The Labute approximate surface area is 113 Å². The van der Waals surface area contributed by atoms with Crippen LogP contribution in [-0.4, -0.2) is 33.7 Å². The molecule has 0 amide bonds. The molecule has 0 spiro atoms. The van der Waals surface area contributed by atoms with Gasteiger partial charge in [-0.15, -0.1) is 0 Å². The van der Waals surface area contributed by atoms with E-state index in [4.69, 9.17) is 9.47 Å². The molecule has 2 rings (SSSR count). The molecule has 1 aromatic rings. The van der Waals surface area contributed by atoms with Gasteiger partial charge in [-0.05, 0) is 0 Å². The van der Waals surface area contributed by atoms with E-state index in [2.05, 4.69) is 0 Å². The third kappa shape index (κ3) is 2.95. The molecule has 0 saturated carbocycles. The summed E-state index contributed by atoms with van der Waals surface area (Å²) in [7, 11) is -5.44. The van der Waals surface area contributed by atoms with Crippen molar-refractivity contribution < 1.29 is 31.1 Å². The highest BCUT2D eigenvalue weighted by Crippen LogP contribution is 2.32. The first-order chi connectivity index (χ1) is 9.27. The summed E-state index contributed by atoms with van der Waals surface area (Å²) < 4.78 is 71.1. The van der Waals surface area contributed by atoms with Crippen molar-refractivity contribution in [3.8, 4) is 0 Å². The van der Waals surface area contributed by atoms with Crippen LogP contribution in [0.5, 0.6) is 0 Å². The molecule has 1 heterocycles. The lowest BCUT2D eigenvalue weighted by atomic mass is 10.1. The number of ether oxygens (including phenoxy) is 2. The molecule has 1 N–H and O–H groups in total. The van der Waals surface area contributed by atoms with E-state index in [0.29, 0.717) is 5.56 Å². The Morgan fingerprint density at radius 1 is 1.15 bits per heavy atom. The summed E-state index contributed by atoms with van der Waals surface area (Å²) in [6.45, 7) is -0.315. The normalized spacial score (nSPS) is 19.1. The zero-order valence-electron chi connectivity index (χ0n) is 10.2. The Bertz CT molecular complexity index is 553. The predicted molar refractivity (Wildman–Crippen MR) is 63.0 cm³/mol. The largest absolute Gasteiger partial charge is 0.511 e. The second-order valence-electron chi connectivity index (χ2n) is 4.09. The van der Waals surface area contributed by atoms with E-state index in [1.807, 2.05) is 0 Å². The fourth-order valence-corrected chi connectivity index (χ4v) is 2.33. The highest BCUT2D eigenvalue weighted by Gasteiger charge is 2.48. The van der Waals surface area contributed by atoms with E-state index >= 15 is 0 Å². The van der Waals surface area contributed by atoms with Gasteiger partial charge in [-0.3, -0.25) is 0 Å². The first kappa shape index (κ1) is 15.2. The van der Waals surface area contributed by atoms with Crippen LogP contribution in [0, 0.1) is 0 Å². The van der Waals surface area contributed by atoms with Crippen molar-refractivity contribution in [2.75, 3.05) is 19.8 Å². The zero-order chi connectivity index (χ0) is 14.9. The van der Waals surface area contributed by atoms with E-state index in [0.717, 1.165) is 0 Å². The number of hydrogen-bond donors (Lipinski definition) is 1. The van der Waals surface area contributed by atoms with Crippen molar-refractivity contribution in [3.05, 3.63) is 35.9 Å². The van der Waals surface area contributed by atoms with Crippen molar-refractivity contribution in [2.45, 2.75) is 11.3 Å². The highest BCUT2D eigenvalue weighted by molar-refractivity contribution is 7.90. The number of alkyl halides is 3. The Balaban J connectivity index is 2.20. The number of benzene rings is 1. The lowest BCUT2D eigenvalue weighted by molar-refractivity contribution is -0.159. The van der Waals surface area contributed by atoms with Gasteiger partial charge in [0.1, 0.15) is 0 Å².